The molecule has 2 aromatic rings. The Bertz CT molecular complexity index is 778. The number of ether oxygens (including phenoxy) is 1. The van der Waals surface area contributed by atoms with Crippen LogP contribution in [0.3, 0.4) is 0 Å². The number of carbonyl (C=O) groups is 1. The van der Waals surface area contributed by atoms with Gasteiger partial charge >= 0.3 is 0 Å². The first-order chi connectivity index (χ1) is 11.8. The van der Waals surface area contributed by atoms with Gasteiger partial charge in [0.05, 0.1) is 28.0 Å². The molecule has 0 saturated carbocycles. The maximum Gasteiger partial charge on any atom is 0.255 e. The molecule has 1 aromatic carbocycles. The second-order valence-corrected chi connectivity index (χ2v) is 7.00. The molecule has 134 valence electrons. The van der Waals surface area contributed by atoms with Crippen molar-refractivity contribution in [2.75, 3.05) is 19.4 Å². The molecule has 0 aliphatic heterocycles. The smallest absolute Gasteiger partial charge is 0.255 e. The minimum Gasteiger partial charge on any atom is -0.492 e. The van der Waals surface area contributed by atoms with Gasteiger partial charge in [-0.2, -0.15) is 0 Å². The highest BCUT2D eigenvalue weighted by atomic mass is 79.9. The number of nitrogens with one attached hydrogen (secondary N) is 1. The van der Waals surface area contributed by atoms with Crippen LogP contribution in [0.2, 0.25) is 0 Å². The van der Waals surface area contributed by atoms with Crippen LogP contribution in [0.4, 0.5) is 5.95 Å². The van der Waals surface area contributed by atoms with E-state index in [4.69, 9.17) is 10.5 Å². The molecule has 6 nitrogen and oxygen atoms in total. The number of amides is 1. The molecule has 0 radical (unpaired) electrons. The number of benzene rings is 1. The molecule has 1 heterocycles. The lowest BCUT2D eigenvalue weighted by molar-refractivity contribution is 0.0962. The summed E-state index contributed by atoms with van der Waals surface area (Å²) in [5.74, 6) is 1.22. The van der Waals surface area contributed by atoms with Crippen LogP contribution in [0.1, 0.15) is 36.3 Å². The first-order valence-corrected chi connectivity index (χ1v) is 8.91. The minimum absolute atomic E-state index is 0.133. The van der Waals surface area contributed by atoms with E-state index in [1.807, 2.05) is 18.2 Å². The number of nitrogens with zero attached hydrogens (tertiary/aromatic N) is 2. The third-order valence-corrected chi connectivity index (χ3v) is 4.34. The highest BCUT2D eigenvalue weighted by Gasteiger charge is 2.19. The molecule has 7 heteroatoms. The zero-order chi connectivity index (χ0) is 18.6. The molecular formula is C18H23BrN4O2. The number of nitrogens with two attached hydrogens (primary N) is 1. The van der Waals surface area contributed by atoms with Crippen LogP contribution in [-0.2, 0) is 0 Å². The first-order valence-electron chi connectivity index (χ1n) is 8.12. The van der Waals surface area contributed by atoms with Gasteiger partial charge in [-0.3, -0.25) is 4.79 Å². The second kappa shape index (κ2) is 8.29. The van der Waals surface area contributed by atoms with E-state index < -0.39 is 0 Å². The number of nitrogen functional groups attached to an aromatic ring is 1. The van der Waals surface area contributed by atoms with Gasteiger partial charge < -0.3 is 15.8 Å². The largest absolute Gasteiger partial charge is 0.492 e. The summed E-state index contributed by atoms with van der Waals surface area (Å²) in [5.41, 5.74) is 7.99. The highest BCUT2D eigenvalue weighted by Crippen LogP contribution is 2.32. The Hall–Kier alpha value is -2.15. The number of hydrogen-bond donors (Lipinski definition) is 2. The molecule has 0 aliphatic rings. The molecular weight excluding hydrogens is 384 g/mol. The number of anilines is 1. The predicted molar refractivity (Wildman–Crippen MR) is 103 cm³/mol. The van der Waals surface area contributed by atoms with Crippen LogP contribution in [0, 0.1) is 12.8 Å². The van der Waals surface area contributed by atoms with E-state index in [0.29, 0.717) is 29.5 Å². The van der Waals surface area contributed by atoms with Crippen LogP contribution in [0.5, 0.6) is 5.75 Å². The lowest BCUT2D eigenvalue weighted by atomic mass is 10.0. The van der Waals surface area contributed by atoms with Crippen LogP contribution in [-0.4, -0.2) is 29.5 Å². The van der Waals surface area contributed by atoms with Crippen molar-refractivity contribution in [1.29, 1.82) is 0 Å². The SMILES string of the molecule is CNC(=O)c1c(C)nc(N)nc1-c1ccc(OCCC(C)C)c(Br)c1. The minimum atomic E-state index is -0.249. The zero-order valence-corrected chi connectivity index (χ0v) is 16.5. The van der Waals surface area contributed by atoms with Crippen LogP contribution in [0.25, 0.3) is 11.3 Å². The molecule has 0 aliphatic carbocycles. The quantitative estimate of drug-likeness (QED) is 0.764. The Morgan fingerprint density at radius 3 is 2.68 bits per heavy atom. The van der Waals surface area contributed by atoms with E-state index in [2.05, 4.69) is 45.1 Å². The molecule has 0 bridgehead atoms. The topological polar surface area (TPSA) is 90.1 Å². The molecule has 1 amide bonds. The molecule has 0 atom stereocenters. The molecule has 0 spiro atoms. The Morgan fingerprint density at radius 1 is 1.36 bits per heavy atom. The lowest BCUT2D eigenvalue weighted by Crippen LogP contribution is -2.21. The molecule has 0 fully saturated rings. The van der Waals surface area contributed by atoms with Crippen LogP contribution >= 0.6 is 15.9 Å². The second-order valence-electron chi connectivity index (χ2n) is 6.15. The van der Waals surface area contributed by atoms with Gasteiger partial charge in [0.15, 0.2) is 0 Å². The summed E-state index contributed by atoms with van der Waals surface area (Å²) in [6.07, 6.45) is 0.983. The third kappa shape index (κ3) is 4.69. The number of carbonyl (C=O) groups excluding carboxylic acids is 1. The van der Waals surface area contributed by atoms with Crippen LogP contribution < -0.4 is 15.8 Å². The first kappa shape index (κ1) is 19.2. The molecule has 0 saturated heterocycles. The summed E-state index contributed by atoms with van der Waals surface area (Å²) >= 11 is 3.53. The van der Waals surface area contributed by atoms with Gasteiger partial charge in [0.1, 0.15) is 5.75 Å². The van der Waals surface area contributed by atoms with Gasteiger partial charge in [0.2, 0.25) is 5.95 Å². The van der Waals surface area contributed by atoms with E-state index in [1.54, 1.807) is 14.0 Å². The lowest BCUT2D eigenvalue weighted by Gasteiger charge is -2.13. The van der Waals surface area contributed by atoms with Crippen molar-refractivity contribution in [3.05, 3.63) is 33.9 Å². The van der Waals surface area contributed by atoms with Crippen molar-refractivity contribution in [2.45, 2.75) is 27.2 Å². The number of hydrogen-bond acceptors (Lipinski definition) is 5. The Balaban J connectivity index is 2.39. The van der Waals surface area contributed by atoms with Crippen molar-refractivity contribution in [3.8, 4) is 17.0 Å². The summed E-state index contributed by atoms with van der Waals surface area (Å²) in [6, 6.07) is 5.60. The molecule has 25 heavy (non-hydrogen) atoms. The molecule has 2 rings (SSSR count). The van der Waals surface area contributed by atoms with E-state index in [1.165, 1.54) is 0 Å². The number of halogens is 1. The van der Waals surface area contributed by atoms with Gasteiger partial charge in [0.25, 0.3) is 5.91 Å². The monoisotopic (exact) mass is 406 g/mol. The Labute approximate surface area is 156 Å². The van der Waals surface area contributed by atoms with E-state index in [0.717, 1.165) is 22.2 Å². The number of aromatic nitrogens is 2. The third-order valence-electron chi connectivity index (χ3n) is 3.72. The fourth-order valence-electron chi connectivity index (χ4n) is 2.37. The average Bonchev–Trinajstić information content (AvgIpc) is 2.54. The van der Waals surface area contributed by atoms with Crippen molar-refractivity contribution in [2.24, 2.45) is 5.92 Å². The summed E-state index contributed by atoms with van der Waals surface area (Å²) < 4.78 is 6.60. The van der Waals surface area contributed by atoms with Crippen molar-refractivity contribution < 1.29 is 9.53 Å². The standard InChI is InChI=1S/C18H23BrN4O2/c1-10(2)7-8-25-14-6-5-12(9-13(14)19)16-15(17(24)21-4)11(3)22-18(20)23-16/h5-6,9-10H,7-8H2,1-4H3,(H,21,24)(H2,20,22,23). The molecule has 3 N–H and O–H groups in total. The number of rotatable bonds is 6. The molecule has 0 unspecified atom stereocenters. The summed E-state index contributed by atoms with van der Waals surface area (Å²) in [4.78, 5) is 20.6. The normalized spacial score (nSPS) is 10.8. The van der Waals surface area contributed by atoms with E-state index >= 15 is 0 Å². The summed E-state index contributed by atoms with van der Waals surface area (Å²) in [5, 5.41) is 2.62. The molecule has 1 aromatic heterocycles. The Morgan fingerprint density at radius 2 is 2.08 bits per heavy atom. The zero-order valence-electron chi connectivity index (χ0n) is 14.9. The summed E-state index contributed by atoms with van der Waals surface area (Å²) in [7, 11) is 1.57. The predicted octanol–water partition coefficient (Wildman–Crippen LogP) is 3.58. The maximum atomic E-state index is 12.2. The van der Waals surface area contributed by atoms with Crippen molar-refractivity contribution >= 4 is 27.8 Å². The maximum absolute atomic E-state index is 12.2. The van der Waals surface area contributed by atoms with E-state index in [-0.39, 0.29) is 11.9 Å². The highest BCUT2D eigenvalue weighted by molar-refractivity contribution is 9.10. The van der Waals surface area contributed by atoms with Crippen molar-refractivity contribution in [3.63, 3.8) is 0 Å². The number of aryl methyl sites for hydroxylation is 1. The summed E-state index contributed by atoms with van der Waals surface area (Å²) in [6.45, 7) is 6.70. The van der Waals surface area contributed by atoms with Gasteiger partial charge in [0, 0.05) is 12.6 Å². The fourth-order valence-corrected chi connectivity index (χ4v) is 2.86. The van der Waals surface area contributed by atoms with Gasteiger partial charge in [-0.25, -0.2) is 9.97 Å². The van der Waals surface area contributed by atoms with Gasteiger partial charge in [-0.05, 0) is 53.4 Å². The fraction of sp³-hybridized carbons (Fsp3) is 0.389. The van der Waals surface area contributed by atoms with E-state index in [9.17, 15) is 4.79 Å². The van der Waals surface area contributed by atoms with Crippen molar-refractivity contribution in [1.82, 2.24) is 15.3 Å². The Kier molecular flexibility index (Phi) is 6.36. The average molecular weight is 407 g/mol. The van der Waals surface area contributed by atoms with Gasteiger partial charge in [-0.15, -0.1) is 0 Å². The van der Waals surface area contributed by atoms with Gasteiger partial charge in [-0.1, -0.05) is 13.8 Å². The van der Waals surface area contributed by atoms with Crippen LogP contribution in [0.15, 0.2) is 22.7 Å².